The van der Waals surface area contributed by atoms with Crippen molar-refractivity contribution in [1.82, 2.24) is 20.2 Å². The zero-order chi connectivity index (χ0) is 16.4. The molecule has 2 aromatic rings. The van der Waals surface area contributed by atoms with Crippen LogP contribution in [0.2, 0.25) is 10.0 Å². The van der Waals surface area contributed by atoms with E-state index in [0.29, 0.717) is 44.7 Å². The van der Waals surface area contributed by atoms with Gasteiger partial charge in [-0.1, -0.05) is 34.8 Å². The molecule has 5 nitrogen and oxygen atoms in total. The van der Waals surface area contributed by atoms with Crippen molar-refractivity contribution in [2.45, 2.75) is 32.2 Å². The van der Waals surface area contributed by atoms with E-state index in [1.807, 2.05) is 0 Å². The summed E-state index contributed by atoms with van der Waals surface area (Å²) in [5.74, 6) is -0.130. The molecule has 23 heavy (non-hydrogen) atoms. The first-order valence-electron chi connectivity index (χ1n) is 7.18. The number of benzene rings is 1. The van der Waals surface area contributed by atoms with E-state index in [2.05, 4.69) is 15.5 Å². The Morgan fingerprint density at radius 2 is 1.96 bits per heavy atom. The van der Waals surface area contributed by atoms with E-state index in [4.69, 9.17) is 34.8 Å². The van der Waals surface area contributed by atoms with E-state index < -0.39 is 0 Å². The number of hydrogen-bond donors (Lipinski definition) is 0. The highest BCUT2D eigenvalue weighted by Gasteiger charge is 2.23. The van der Waals surface area contributed by atoms with Crippen LogP contribution in [0.25, 0.3) is 0 Å². The number of allylic oxidation sites excluding steroid dienone is 2. The van der Waals surface area contributed by atoms with Crippen LogP contribution in [0.3, 0.4) is 0 Å². The van der Waals surface area contributed by atoms with Crippen molar-refractivity contribution in [3.05, 3.63) is 50.2 Å². The molecule has 8 heteroatoms. The lowest BCUT2D eigenvalue weighted by Crippen LogP contribution is -2.11. The van der Waals surface area contributed by atoms with Crippen molar-refractivity contribution in [2.24, 2.45) is 0 Å². The highest BCUT2D eigenvalue weighted by molar-refractivity contribution is 6.39. The summed E-state index contributed by atoms with van der Waals surface area (Å²) < 4.78 is 1.49. The molecule has 0 bridgehead atoms. The molecule has 0 N–H and O–H groups in total. The highest BCUT2D eigenvalue weighted by Crippen LogP contribution is 2.34. The summed E-state index contributed by atoms with van der Waals surface area (Å²) in [6, 6.07) is 3.31. The van der Waals surface area contributed by atoms with Crippen molar-refractivity contribution in [1.29, 1.82) is 0 Å². The van der Waals surface area contributed by atoms with E-state index in [9.17, 15) is 4.79 Å². The number of halogens is 3. The first-order chi connectivity index (χ1) is 11.1. The standard InChI is InChI=1S/C15H13Cl3N4O/c16-12-4-2-1-3-9(12)15(23)10-5-6-13(17)11(14(10)18)7-22-8-19-20-21-22/h5-6,8H,1-4,7H2. The molecule has 0 amide bonds. The van der Waals surface area contributed by atoms with Gasteiger partial charge in [0.25, 0.3) is 0 Å². The predicted molar refractivity (Wildman–Crippen MR) is 89.1 cm³/mol. The van der Waals surface area contributed by atoms with Crippen LogP contribution in [0.1, 0.15) is 41.6 Å². The second-order valence-corrected chi connectivity index (χ2v) is 6.56. The Morgan fingerprint density at radius 3 is 2.65 bits per heavy atom. The molecule has 0 radical (unpaired) electrons. The lowest BCUT2D eigenvalue weighted by molar-refractivity contribution is 0.102. The van der Waals surface area contributed by atoms with Gasteiger partial charge in [-0.25, -0.2) is 4.68 Å². The van der Waals surface area contributed by atoms with Crippen LogP contribution in [0, 0.1) is 0 Å². The minimum Gasteiger partial charge on any atom is -0.289 e. The molecule has 0 aliphatic heterocycles. The van der Waals surface area contributed by atoms with Crippen LogP contribution < -0.4 is 0 Å². The molecule has 3 rings (SSSR count). The van der Waals surface area contributed by atoms with Crippen molar-refractivity contribution < 1.29 is 4.79 Å². The number of hydrogen-bond acceptors (Lipinski definition) is 4. The number of ketones is 1. The van der Waals surface area contributed by atoms with Crippen LogP contribution in [0.4, 0.5) is 0 Å². The Labute approximate surface area is 148 Å². The third kappa shape index (κ3) is 3.42. The SMILES string of the molecule is O=C(C1=C(Cl)CCCC1)c1ccc(Cl)c(Cn2cnnn2)c1Cl. The van der Waals surface area contributed by atoms with E-state index in [1.54, 1.807) is 12.1 Å². The summed E-state index contributed by atoms with van der Waals surface area (Å²) >= 11 is 18.9. The Morgan fingerprint density at radius 1 is 1.17 bits per heavy atom. The van der Waals surface area contributed by atoms with Gasteiger partial charge >= 0.3 is 0 Å². The van der Waals surface area contributed by atoms with Crippen molar-refractivity contribution >= 4 is 40.6 Å². The molecular formula is C15H13Cl3N4O. The molecule has 0 saturated heterocycles. The van der Waals surface area contributed by atoms with Crippen LogP contribution in [0.15, 0.2) is 29.1 Å². The Balaban J connectivity index is 1.99. The number of carbonyl (C=O) groups excluding carboxylic acids is 1. The second-order valence-electron chi connectivity index (χ2n) is 5.31. The average Bonchev–Trinajstić information content (AvgIpc) is 3.04. The maximum Gasteiger partial charge on any atom is 0.191 e. The van der Waals surface area contributed by atoms with E-state index in [-0.39, 0.29) is 5.78 Å². The fraction of sp³-hybridized carbons (Fsp3) is 0.333. The van der Waals surface area contributed by atoms with Crippen molar-refractivity contribution in [3.8, 4) is 0 Å². The molecule has 1 aliphatic carbocycles. The van der Waals surface area contributed by atoms with Gasteiger partial charge in [0.2, 0.25) is 0 Å². The minimum atomic E-state index is -0.130. The number of aromatic nitrogens is 4. The van der Waals surface area contributed by atoms with Crippen LogP contribution in [-0.2, 0) is 6.54 Å². The lowest BCUT2D eigenvalue weighted by Gasteiger charge is -2.17. The summed E-state index contributed by atoms with van der Waals surface area (Å²) in [4.78, 5) is 12.8. The fourth-order valence-corrected chi connectivity index (χ4v) is 3.49. The van der Waals surface area contributed by atoms with Gasteiger partial charge in [-0.2, -0.15) is 0 Å². The van der Waals surface area contributed by atoms with Crippen LogP contribution >= 0.6 is 34.8 Å². The van der Waals surface area contributed by atoms with Crippen LogP contribution in [-0.4, -0.2) is 26.0 Å². The first-order valence-corrected chi connectivity index (χ1v) is 8.31. The van der Waals surface area contributed by atoms with Gasteiger partial charge in [0, 0.05) is 26.8 Å². The number of tetrazole rings is 1. The molecule has 0 fully saturated rings. The van der Waals surface area contributed by atoms with Gasteiger partial charge in [-0.05, 0) is 48.2 Å². The normalized spacial score (nSPS) is 15.1. The summed E-state index contributed by atoms with van der Waals surface area (Å²) in [6.45, 7) is 0.290. The van der Waals surface area contributed by atoms with Gasteiger partial charge < -0.3 is 0 Å². The molecule has 1 aromatic carbocycles. The smallest absolute Gasteiger partial charge is 0.191 e. The highest BCUT2D eigenvalue weighted by atomic mass is 35.5. The molecular weight excluding hydrogens is 359 g/mol. The third-order valence-corrected chi connectivity index (χ3v) is 5.02. The Kier molecular flexibility index (Phi) is 4.99. The summed E-state index contributed by atoms with van der Waals surface area (Å²) in [5, 5.41) is 12.4. The van der Waals surface area contributed by atoms with Crippen molar-refractivity contribution in [3.63, 3.8) is 0 Å². The van der Waals surface area contributed by atoms with Crippen LogP contribution in [0.5, 0.6) is 0 Å². The Hall–Kier alpha value is -1.43. The minimum absolute atomic E-state index is 0.130. The second kappa shape index (κ2) is 6.99. The topological polar surface area (TPSA) is 60.7 Å². The van der Waals surface area contributed by atoms with Crippen molar-refractivity contribution in [2.75, 3.05) is 0 Å². The molecule has 0 saturated carbocycles. The molecule has 0 unspecified atom stereocenters. The van der Waals surface area contributed by atoms with Gasteiger partial charge in [0.15, 0.2) is 5.78 Å². The van der Waals surface area contributed by atoms with E-state index in [1.165, 1.54) is 11.0 Å². The maximum atomic E-state index is 12.8. The van der Waals surface area contributed by atoms with Gasteiger partial charge in [-0.15, -0.1) is 5.10 Å². The Bertz CT molecular complexity index is 771. The zero-order valence-electron chi connectivity index (χ0n) is 12.1. The van der Waals surface area contributed by atoms with Gasteiger partial charge in [0.1, 0.15) is 6.33 Å². The monoisotopic (exact) mass is 370 g/mol. The molecule has 1 aliphatic rings. The zero-order valence-corrected chi connectivity index (χ0v) is 14.4. The quantitative estimate of drug-likeness (QED) is 0.753. The molecule has 1 aromatic heterocycles. The van der Waals surface area contributed by atoms with Gasteiger partial charge in [-0.3, -0.25) is 4.79 Å². The largest absolute Gasteiger partial charge is 0.289 e. The number of carbonyl (C=O) groups is 1. The molecule has 0 spiro atoms. The third-order valence-electron chi connectivity index (χ3n) is 3.82. The number of Topliss-reactive ketones (excluding diaryl/α,β-unsaturated/α-hetero) is 1. The van der Waals surface area contributed by atoms with E-state index in [0.717, 1.165) is 19.3 Å². The number of nitrogens with zero attached hydrogens (tertiary/aromatic N) is 4. The molecule has 0 atom stereocenters. The summed E-state index contributed by atoms with van der Waals surface area (Å²) in [7, 11) is 0. The molecule has 120 valence electrons. The molecule has 1 heterocycles. The summed E-state index contributed by atoms with van der Waals surface area (Å²) in [6.07, 6.45) is 4.85. The number of rotatable bonds is 4. The lowest BCUT2D eigenvalue weighted by atomic mass is 9.92. The van der Waals surface area contributed by atoms with E-state index >= 15 is 0 Å². The maximum absolute atomic E-state index is 12.8. The van der Waals surface area contributed by atoms with Gasteiger partial charge in [0.05, 0.1) is 11.6 Å². The average molecular weight is 372 g/mol. The first kappa shape index (κ1) is 16.4. The summed E-state index contributed by atoms with van der Waals surface area (Å²) in [5.41, 5.74) is 1.67. The fourth-order valence-electron chi connectivity index (χ4n) is 2.60. The predicted octanol–water partition coefficient (Wildman–Crippen LogP) is 4.28.